The molecule has 0 spiro atoms. The van der Waals surface area contributed by atoms with Gasteiger partial charge in [0.25, 0.3) is 0 Å². The first kappa shape index (κ1) is 13.9. The van der Waals surface area contributed by atoms with Crippen molar-refractivity contribution in [3.05, 3.63) is 0 Å². The van der Waals surface area contributed by atoms with Gasteiger partial charge in [-0.05, 0) is 24.7 Å². The van der Waals surface area contributed by atoms with E-state index in [1.807, 2.05) is 0 Å². The summed E-state index contributed by atoms with van der Waals surface area (Å²) in [5.41, 5.74) is -0.629. The number of β-amino-alcohol motifs (C(OH)–C–C–N with tert-alkyl or cyclic N) is 1. The Morgan fingerprint density at radius 3 is 2.60 bits per heavy atom. The van der Waals surface area contributed by atoms with Gasteiger partial charge in [0, 0.05) is 19.5 Å². The second kappa shape index (κ2) is 4.72. The lowest BCUT2D eigenvalue weighted by molar-refractivity contribution is -0.163. The zero-order valence-corrected chi connectivity index (χ0v) is 12.3. The van der Waals surface area contributed by atoms with Gasteiger partial charge in [0.2, 0.25) is 11.8 Å². The van der Waals surface area contributed by atoms with Crippen molar-refractivity contribution in [2.24, 2.45) is 17.8 Å². The third-order valence-corrected chi connectivity index (χ3v) is 4.73. The molecular formula is C15H24N2O3. The highest BCUT2D eigenvalue weighted by Gasteiger charge is 2.54. The van der Waals surface area contributed by atoms with Gasteiger partial charge in [-0.3, -0.25) is 9.59 Å². The second-order valence-corrected chi connectivity index (χ2v) is 7.17. The summed E-state index contributed by atoms with van der Waals surface area (Å²) in [6.45, 7) is 6.36. The van der Waals surface area contributed by atoms with Crippen molar-refractivity contribution in [1.29, 1.82) is 0 Å². The first-order valence-corrected chi connectivity index (χ1v) is 7.68. The number of aliphatic hydroxyl groups is 1. The van der Waals surface area contributed by atoms with Crippen LogP contribution in [0.5, 0.6) is 0 Å². The fraction of sp³-hybridized carbons (Fsp3) is 0.867. The van der Waals surface area contributed by atoms with Gasteiger partial charge in [0.05, 0.1) is 19.0 Å². The van der Waals surface area contributed by atoms with Gasteiger partial charge in [0.1, 0.15) is 5.60 Å². The SMILES string of the molecule is CC(C)CN1CC(C(=O)N2CC(O)(C3CC3)C2)CC1=O. The predicted molar refractivity (Wildman–Crippen MR) is 73.8 cm³/mol. The minimum absolute atomic E-state index is 0.0509. The van der Waals surface area contributed by atoms with E-state index in [1.165, 1.54) is 0 Å². The molecule has 2 saturated heterocycles. The molecule has 0 aromatic carbocycles. The molecule has 2 heterocycles. The highest BCUT2D eigenvalue weighted by molar-refractivity contribution is 5.89. The van der Waals surface area contributed by atoms with Crippen molar-refractivity contribution in [1.82, 2.24) is 9.80 Å². The summed E-state index contributed by atoms with van der Waals surface area (Å²) in [6, 6.07) is 0. The van der Waals surface area contributed by atoms with Crippen LogP contribution in [0.4, 0.5) is 0 Å². The number of hydrogen-bond acceptors (Lipinski definition) is 3. The Morgan fingerprint density at radius 1 is 1.40 bits per heavy atom. The number of carbonyl (C=O) groups is 2. The molecule has 0 aromatic rings. The maximum atomic E-state index is 12.4. The fourth-order valence-corrected chi connectivity index (χ4v) is 3.46. The largest absolute Gasteiger partial charge is 0.386 e. The number of nitrogens with zero attached hydrogens (tertiary/aromatic N) is 2. The number of carbonyl (C=O) groups excluding carboxylic acids is 2. The topological polar surface area (TPSA) is 60.9 Å². The molecular weight excluding hydrogens is 256 g/mol. The van der Waals surface area contributed by atoms with Crippen LogP contribution in [-0.4, -0.2) is 58.5 Å². The normalized spacial score (nSPS) is 29.0. The summed E-state index contributed by atoms with van der Waals surface area (Å²) in [5, 5.41) is 10.3. The van der Waals surface area contributed by atoms with Gasteiger partial charge in [-0.25, -0.2) is 0 Å². The van der Waals surface area contributed by atoms with Gasteiger partial charge in [-0.15, -0.1) is 0 Å². The monoisotopic (exact) mass is 280 g/mol. The van der Waals surface area contributed by atoms with Crippen molar-refractivity contribution in [3.8, 4) is 0 Å². The Balaban J connectivity index is 1.53. The lowest BCUT2D eigenvalue weighted by Gasteiger charge is -2.47. The molecule has 1 saturated carbocycles. The third kappa shape index (κ3) is 2.43. The summed E-state index contributed by atoms with van der Waals surface area (Å²) >= 11 is 0. The van der Waals surface area contributed by atoms with Crippen LogP contribution in [0.15, 0.2) is 0 Å². The van der Waals surface area contributed by atoms with Gasteiger partial charge in [-0.1, -0.05) is 13.8 Å². The molecule has 0 aromatic heterocycles. The number of rotatable bonds is 4. The summed E-state index contributed by atoms with van der Waals surface area (Å²) < 4.78 is 0. The minimum Gasteiger partial charge on any atom is -0.386 e. The van der Waals surface area contributed by atoms with E-state index in [0.717, 1.165) is 19.4 Å². The van der Waals surface area contributed by atoms with Gasteiger partial charge >= 0.3 is 0 Å². The first-order chi connectivity index (χ1) is 9.39. The van der Waals surface area contributed by atoms with Crippen molar-refractivity contribution >= 4 is 11.8 Å². The summed E-state index contributed by atoms with van der Waals surface area (Å²) in [4.78, 5) is 27.8. The molecule has 20 heavy (non-hydrogen) atoms. The van der Waals surface area contributed by atoms with Gasteiger partial charge in [-0.2, -0.15) is 0 Å². The van der Waals surface area contributed by atoms with Gasteiger partial charge < -0.3 is 14.9 Å². The second-order valence-electron chi connectivity index (χ2n) is 7.17. The highest BCUT2D eigenvalue weighted by Crippen LogP contribution is 2.45. The molecule has 112 valence electrons. The Kier molecular flexibility index (Phi) is 3.27. The number of hydrogen-bond donors (Lipinski definition) is 1. The smallest absolute Gasteiger partial charge is 0.228 e. The summed E-state index contributed by atoms with van der Waals surface area (Å²) in [6.07, 6.45) is 2.51. The van der Waals surface area contributed by atoms with Crippen molar-refractivity contribution < 1.29 is 14.7 Å². The van der Waals surface area contributed by atoms with Crippen LogP contribution < -0.4 is 0 Å². The molecule has 0 bridgehead atoms. The molecule has 1 N–H and O–H groups in total. The van der Waals surface area contributed by atoms with Gasteiger partial charge in [0.15, 0.2) is 0 Å². The average molecular weight is 280 g/mol. The van der Waals surface area contributed by atoms with E-state index < -0.39 is 5.60 Å². The first-order valence-electron chi connectivity index (χ1n) is 7.68. The minimum atomic E-state index is -0.629. The maximum Gasteiger partial charge on any atom is 0.228 e. The van der Waals surface area contributed by atoms with E-state index in [4.69, 9.17) is 0 Å². The lowest BCUT2D eigenvalue weighted by atomic mass is 9.87. The average Bonchev–Trinajstić information content (AvgIpc) is 3.11. The molecule has 2 amide bonds. The molecule has 5 heteroatoms. The van der Waals surface area contributed by atoms with E-state index >= 15 is 0 Å². The Labute approximate surface area is 119 Å². The van der Waals surface area contributed by atoms with Crippen molar-refractivity contribution in [2.45, 2.75) is 38.7 Å². The Morgan fingerprint density at radius 2 is 2.05 bits per heavy atom. The van der Waals surface area contributed by atoms with Crippen LogP contribution in [0.2, 0.25) is 0 Å². The van der Waals surface area contributed by atoms with E-state index in [2.05, 4.69) is 13.8 Å². The fourth-order valence-electron chi connectivity index (χ4n) is 3.46. The zero-order chi connectivity index (χ0) is 14.5. The number of amides is 2. The molecule has 1 aliphatic carbocycles. The molecule has 3 rings (SSSR count). The lowest BCUT2D eigenvalue weighted by Crippen LogP contribution is -2.65. The molecule has 3 aliphatic rings. The third-order valence-electron chi connectivity index (χ3n) is 4.73. The molecule has 0 radical (unpaired) electrons. The van der Waals surface area contributed by atoms with Crippen molar-refractivity contribution in [2.75, 3.05) is 26.2 Å². The van der Waals surface area contributed by atoms with Crippen LogP contribution in [0, 0.1) is 17.8 Å². The van der Waals surface area contributed by atoms with Crippen LogP contribution in [0.3, 0.4) is 0 Å². The van der Waals surface area contributed by atoms with Crippen molar-refractivity contribution in [3.63, 3.8) is 0 Å². The Bertz CT molecular complexity index is 425. The molecule has 1 unspecified atom stereocenters. The van der Waals surface area contributed by atoms with E-state index in [-0.39, 0.29) is 17.7 Å². The predicted octanol–water partition coefficient (Wildman–Crippen LogP) is 0.474. The van der Waals surface area contributed by atoms with Crippen LogP contribution >= 0.6 is 0 Å². The quantitative estimate of drug-likeness (QED) is 0.814. The summed E-state index contributed by atoms with van der Waals surface area (Å²) in [5.74, 6) is 0.765. The summed E-state index contributed by atoms with van der Waals surface area (Å²) in [7, 11) is 0. The van der Waals surface area contributed by atoms with Crippen LogP contribution in [-0.2, 0) is 9.59 Å². The Hall–Kier alpha value is -1.10. The van der Waals surface area contributed by atoms with E-state index in [9.17, 15) is 14.7 Å². The molecule has 2 aliphatic heterocycles. The highest BCUT2D eigenvalue weighted by atomic mass is 16.3. The molecule has 1 atom stereocenters. The zero-order valence-electron chi connectivity index (χ0n) is 12.3. The number of likely N-dealkylation sites (tertiary alicyclic amines) is 2. The van der Waals surface area contributed by atoms with Crippen LogP contribution in [0.25, 0.3) is 0 Å². The van der Waals surface area contributed by atoms with E-state index in [0.29, 0.717) is 37.9 Å². The molecule has 3 fully saturated rings. The maximum absolute atomic E-state index is 12.4. The van der Waals surface area contributed by atoms with E-state index in [1.54, 1.807) is 9.80 Å². The molecule has 5 nitrogen and oxygen atoms in total. The standard InChI is InChI=1S/C15H24N2O3/c1-10(2)6-16-7-11(5-13(16)18)14(19)17-8-15(20,9-17)12-3-4-12/h10-12,20H,3-9H2,1-2H3. The van der Waals surface area contributed by atoms with Crippen LogP contribution in [0.1, 0.15) is 33.1 Å².